The first-order chi connectivity index (χ1) is 26.3. The van der Waals surface area contributed by atoms with E-state index in [2.05, 4.69) is 32.0 Å². The normalized spacial score (nSPS) is 24.3. The van der Waals surface area contributed by atoms with Crippen LogP contribution in [0.25, 0.3) is 10.8 Å². The number of methoxy groups -OCH3 is 1. The van der Waals surface area contributed by atoms with E-state index >= 15 is 4.79 Å². The van der Waals surface area contributed by atoms with Crippen LogP contribution >= 0.6 is 0 Å². The lowest BCUT2D eigenvalue weighted by Crippen LogP contribution is -2.64. The smallest absolute Gasteiger partial charge is 0.265 e. The number of rotatable bonds is 7. The molecule has 0 bridgehead atoms. The highest BCUT2D eigenvalue weighted by Crippen LogP contribution is 2.67. The molecule has 0 fully saturated rings. The number of allylic oxidation sites excluding steroid dienone is 2. The van der Waals surface area contributed by atoms with Gasteiger partial charge < -0.3 is 28.9 Å². The predicted molar refractivity (Wildman–Crippen MR) is 206 cm³/mol. The number of ether oxygens (including phenoxy) is 3. The van der Waals surface area contributed by atoms with Crippen molar-refractivity contribution in [3.63, 3.8) is 0 Å². The van der Waals surface area contributed by atoms with E-state index in [1.54, 1.807) is 7.11 Å². The number of hydrogen-bond donors (Lipinski definition) is 2. The molecule has 0 aliphatic heterocycles. The SMILES string of the molecule is COc1cc(OCc2ccccc2)c2c(O)c3c(c4c2c1[C@@]1(C4)C(C)=CCCC1(C)C)C(C)(C)[C@H]1Cc2onc(OCc4ccccc4)c2C(=O)[C@@]1(O)C3=O. The molecule has 0 saturated heterocycles. The molecule has 4 aliphatic rings. The van der Waals surface area contributed by atoms with Crippen molar-refractivity contribution in [1.82, 2.24) is 5.16 Å². The van der Waals surface area contributed by atoms with Crippen molar-refractivity contribution in [3.8, 4) is 23.1 Å². The van der Waals surface area contributed by atoms with Crippen LogP contribution in [0.2, 0.25) is 0 Å². The number of nitrogens with zero attached hydrogens (tertiary/aromatic N) is 1. The van der Waals surface area contributed by atoms with Gasteiger partial charge in [0, 0.05) is 34.8 Å². The fraction of sp³-hybridized carbons (Fsp3) is 0.370. The average molecular weight is 740 g/mol. The van der Waals surface area contributed by atoms with E-state index in [-0.39, 0.29) is 53.6 Å². The fourth-order valence-corrected chi connectivity index (χ4v) is 10.7. The van der Waals surface area contributed by atoms with Crippen molar-refractivity contribution in [2.24, 2.45) is 11.3 Å². The molecule has 1 heterocycles. The molecule has 5 aromatic rings. The summed E-state index contributed by atoms with van der Waals surface area (Å²) in [5.41, 5.74) is 1.03. The minimum absolute atomic E-state index is 0.0466. The molecule has 1 spiro atoms. The molecule has 9 heteroatoms. The fourth-order valence-electron chi connectivity index (χ4n) is 10.7. The van der Waals surface area contributed by atoms with Gasteiger partial charge in [-0.3, -0.25) is 9.59 Å². The van der Waals surface area contributed by atoms with Gasteiger partial charge in [-0.1, -0.05) is 100 Å². The van der Waals surface area contributed by atoms with Gasteiger partial charge in [-0.25, -0.2) is 0 Å². The van der Waals surface area contributed by atoms with Crippen molar-refractivity contribution < 1.29 is 38.5 Å². The van der Waals surface area contributed by atoms with Crippen LogP contribution in [0, 0.1) is 11.3 Å². The van der Waals surface area contributed by atoms with Crippen LogP contribution in [-0.4, -0.2) is 39.6 Å². The average Bonchev–Trinajstić information content (AvgIpc) is 3.75. The second kappa shape index (κ2) is 12.0. The molecule has 0 saturated carbocycles. The Labute approximate surface area is 319 Å². The van der Waals surface area contributed by atoms with Gasteiger partial charge in [-0.05, 0) is 64.4 Å². The van der Waals surface area contributed by atoms with Crippen LogP contribution in [0.1, 0.15) is 102 Å². The Morgan fingerprint density at radius 3 is 2.13 bits per heavy atom. The molecule has 282 valence electrons. The third-order valence-electron chi connectivity index (χ3n) is 13.5. The minimum Gasteiger partial charge on any atom is -0.506 e. The topological polar surface area (TPSA) is 128 Å². The summed E-state index contributed by atoms with van der Waals surface area (Å²) in [6.45, 7) is 10.9. The molecule has 4 aromatic carbocycles. The van der Waals surface area contributed by atoms with E-state index in [9.17, 15) is 15.0 Å². The van der Waals surface area contributed by atoms with Gasteiger partial charge in [-0.15, -0.1) is 0 Å². The number of aromatic nitrogens is 1. The number of carbonyl (C=O) groups is 2. The number of phenolic OH excluding ortho intramolecular Hbond substituents is 1. The highest BCUT2D eigenvalue weighted by molar-refractivity contribution is 6.28. The van der Waals surface area contributed by atoms with E-state index in [4.69, 9.17) is 18.7 Å². The van der Waals surface area contributed by atoms with E-state index in [0.29, 0.717) is 28.9 Å². The number of benzene rings is 4. The maximum absolute atomic E-state index is 15.2. The molecule has 4 aliphatic carbocycles. The zero-order chi connectivity index (χ0) is 38.7. The second-order valence-electron chi connectivity index (χ2n) is 16.9. The molecule has 0 unspecified atom stereocenters. The maximum Gasteiger partial charge on any atom is 0.265 e. The van der Waals surface area contributed by atoms with Crippen LogP contribution in [0.5, 0.6) is 23.1 Å². The van der Waals surface area contributed by atoms with Gasteiger partial charge in [0.05, 0.1) is 18.1 Å². The van der Waals surface area contributed by atoms with Gasteiger partial charge in [0.25, 0.3) is 5.88 Å². The van der Waals surface area contributed by atoms with Crippen LogP contribution in [0.3, 0.4) is 0 Å². The number of fused-ring (bicyclic) bond motifs is 5. The van der Waals surface area contributed by atoms with Crippen molar-refractivity contribution in [2.45, 2.75) is 89.9 Å². The summed E-state index contributed by atoms with van der Waals surface area (Å²) in [5.74, 6) is -1.77. The molecule has 0 amide bonds. The minimum atomic E-state index is -2.53. The first-order valence-corrected chi connectivity index (χ1v) is 19.0. The maximum atomic E-state index is 15.2. The highest BCUT2D eigenvalue weighted by Gasteiger charge is 2.67. The monoisotopic (exact) mass is 739 g/mol. The first-order valence-electron chi connectivity index (χ1n) is 19.0. The zero-order valence-electron chi connectivity index (χ0n) is 32.0. The summed E-state index contributed by atoms with van der Waals surface area (Å²) in [5, 5.41) is 30.7. The summed E-state index contributed by atoms with van der Waals surface area (Å²) in [7, 11) is 1.66. The van der Waals surface area contributed by atoms with Crippen LogP contribution in [0.4, 0.5) is 0 Å². The molecule has 1 aromatic heterocycles. The van der Waals surface area contributed by atoms with E-state index in [0.717, 1.165) is 40.5 Å². The zero-order valence-corrected chi connectivity index (χ0v) is 32.0. The molecule has 2 N–H and O–H groups in total. The second-order valence-corrected chi connectivity index (χ2v) is 16.9. The number of phenols is 1. The highest BCUT2D eigenvalue weighted by atomic mass is 16.5. The van der Waals surface area contributed by atoms with Crippen molar-refractivity contribution in [3.05, 3.63) is 123 Å². The van der Waals surface area contributed by atoms with Gasteiger partial charge in [0.15, 0.2) is 11.4 Å². The van der Waals surface area contributed by atoms with Gasteiger partial charge in [-0.2, -0.15) is 0 Å². The standard InChI is InChI=1S/C46H45NO8/c1-25-14-13-19-43(2,3)45(25)22-28-33-34(29(20-31(52-6)38(33)45)53-23-26-15-9-7-10-16-26)39(48)36-37(28)44(4,5)32-21-30-35(40(49)46(32,51)41(36)50)42(47-55-30)54-24-27-17-11-8-12-18-27/h7-12,14-18,20,32,48,51H,13,19,21-24H2,1-6H3/t32-,45-,46-/m1/s1. The van der Waals surface area contributed by atoms with Gasteiger partial charge in [0.1, 0.15) is 36.0 Å². The summed E-state index contributed by atoms with van der Waals surface area (Å²) < 4.78 is 24.5. The lowest BCUT2D eigenvalue weighted by molar-refractivity contribution is -0.0226. The largest absolute Gasteiger partial charge is 0.506 e. The van der Waals surface area contributed by atoms with E-state index in [1.165, 1.54) is 5.57 Å². The molecule has 55 heavy (non-hydrogen) atoms. The van der Waals surface area contributed by atoms with Crippen LogP contribution in [0.15, 0.2) is 82.9 Å². The summed E-state index contributed by atoms with van der Waals surface area (Å²) in [4.78, 5) is 29.9. The Morgan fingerprint density at radius 2 is 1.49 bits per heavy atom. The number of aliphatic hydroxyl groups is 1. The van der Waals surface area contributed by atoms with E-state index in [1.807, 2.05) is 80.6 Å². The molecule has 3 atom stereocenters. The number of aromatic hydroxyl groups is 1. The number of ketones is 2. The molecule has 9 nitrogen and oxygen atoms in total. The quantitative estimate of drug-likeness (QED) is 0.125. The number of Topliss-reactive ketones (excluding diaryl/α,β-unsaturated/α-hetero) is 2. The molecular formula is C46H45NO8. The lowest BCUT2D eigenvalue weighted by atomic mass is 9.52. The van der Waals surface area contributed by atoms with Gasteiger partial charge >= 0.3 is 0 Å². The van der Waals surface area contributed by atoms with Crippen molar-refractivity contribution >= 4 is 22.3 Å². The van der Waals surface area contributed by atoms with Crippen LogP contribution < -0.4 is 14.2 Å². The number of carbonyl (C=O) groups excluding carboxylic acids is 2. The predicted octanol–water partition coefficient (Wildman–Crippen LogP) is 8.52. The van der Waals surface area contributed by atoms with Gasteiger partial charge in [0.2, 0.25) is 11.6 Å². The van der Waals surface area contributed by atoms with Crippen LogP contribution in [-0.2, 0) is 36.9 Å². The Morgan fingerprint density at radius 1 is 0.855 bits per heavy atom. The summed E-state index contributed by atoms with van der Waals surface area (Å²) in [6, 6.07) is 21.0. The molecular weight excluding hydrogens is 695 g/mol. The third-order valence-corrected chi connectivity index (χ3v) is 13.5. The first kappa shape index (κ1) is 35.3. The third kappa shape index (κ3) is 4.65. The summed E-state index contributed by atoms with van der Waals surface area (Å²) in [6.07, 6.45) is 4.75. The van der Waals surface area contributed by atoms with E-state index < -0.39 is 33.9 Å². The Bertz CT molecular complexity index is 2460. The van der Waals surface area contributed by atoms with Crippen molar-refractivity contribution in [2.75, 3.05) is 7.11 Å². The van der Waals surface area contributed by atoms with Crippen molar-refractivity contribution in [1.29, 1.82) is 0 Å². The number of hydrogen-bond acceptors (Lipinski definition) is 9. The Balaban J connectivity index is 1.27. The molecule has 0 radical (unpaired) electrons. The lowest BCUT2D eigenvalue weighted by Gasteiger charge is -2.51. The summed E-state index contributed by atoms with van der Waals surface area (Å²) >= 11 is 0. The molecule has 9 rings (SSSR count). The Kier molecular flexibility index (Phi) is 7.73. The Hall–Kier alpha value is -5.41.